The van der Waals surface area contributed by atoms with E-state index in [9.17, 15) is 4.79 Å². The first-order chi connectivity index (χ1) is 10.6. The minimum atomic E-state index is 0.161. The molecule has 1 aliphatic rings. The van der Waals surface area contributed by atoms with Crippen LogP contribution in [0.25, 0.3) is 10.9 Å². The molecule has 118 valence electrons. The van der Waals surface area contributed by atoms with E-state index in [4.69, 9.17) is 4.74 Å². The van der Waals surface area contributed by atoms with Crippen LogP contribution in [0.2, 0.25) is 0 Å². The van der Waals surface area contributed by atoms with Crippen LogP contribution in [0.3, 0.4) is 0 Å². The number of hydrogen-bond acceptors (Lipinski definition) is 4. The van der Waals surface area contributed by atoms with E-state index in [0.717, 1.165) is 41.1 Å². The summed E-state index contributed by atoms with van der Waals surface area (Å²) in [6.07, 6.45) is 2.97. The number of aromatic nitrogens is 1. The second-order valence-corrected chi connectivity index (χ2v) is 7.11. The maximum atomic E-state index is 12.7. The summed E-state index contributed by atoms with van der Waals surface area (Å²) in [6, 6.07) is 6.01. The smallest absolute Gasteiger partial charge is 0.235 e. The van der Waals surface area contributed by atoms with Crippen molar-refractivity contribution in [2.24, 2.45) is 5.92 Å². The van der Waals surface area contributed by atoms with Gasteiger partial charge in [0.25, 0.3) is 0 Å². The monoisotopic (exact) mass is 318 g/mol. The third kappa shape index (κ3) is 2.88. The van der Waals surface area contributed by atoms with Gasteiger partial charge in [-0.2, -0.15) is 11.8 Å². The number of carbonyl (C=O) groups is 1. The summed E-state index contributed by atoms with van der Waals surface area (Å²) in [5.41, 5.74) is 2.20. The quantitative estimate of drug-likeness (QED) is 0.849. The number of methoxy groups -OCH3 is 1. The number of nitrogens with zero attached hydrogens (tertiary/aromatic N) is 2. The Balaban J connectivity index is 2.02. The van der Waals surface area contributed by atoms with Gasteiger partial charge in [0, 0.05) is 35.7 Å². The Morgan fingerprint density at radius 2 is 2.18 bits per heavy atom. The van der Waals surface area contributed by atoms with Crippen molar-refractivity contribution in [3.8, 4) is 5.75 Å². The lowest BCUT2D eigenvalue weighted by molar-refractivity contribution is 0.0860. The van der Waals surface area contributed by atoms with Gasteiger partial charge in [-0.25, -0.2) is 0 Å². The highest BCUT2D eigenvalue weighted by Gasteiger charge is 2.28. The molecule has 3 rings (SSSR count). The third-order valence-electron chi connectivity index (χ3n) is 4.15. The fourth-order valence-electron chi connectivity index (χ4n) is 2.70. The van der Waals surface area contributed by atoms with E-state index in [1.54, 1.807) is 7.11 Å². The van der Waals surface area contributed by atoms with Gasteiger partial charge >= 0.3 is 0 Å². The fourth-order valence-corrected chi connectivity index (χ4v) is 3.46. The lowest BCUT2D eigenvalue weighted by atomic mass is 10.1. The molecule has 0 aliphatic carbocycles. The van der Waals surface area contributed by atoms with Gasteiger partial charge in [-0.15, -0.1) is 0 Å². The number of likely N-dealkylation sites (N-methyl/N-ethyl adjacent to an activating group) is 1. The number of thioether (sulfide) groups is 1. The highest BCUT2D eigenvalue weighted by molar-refractivity contribution is 8.00. The van der Waals surface area contributed by atoms with Gasteiger partial charge in [0.05, 0.1) is 18.5 Å². The van der Waals surface area contributed by atoms with Crippen LogP contribution in [-0.4, -0.2) is 54.6 Å². The van der Waals surface area contributed by atoms with Crippen molar-refractivity contribution in [2.75, 3.05) is 39.3 Å². The van der Waals surface area contributed by atoms with Crippen LogP contribution in [0, 0.1) is 5.92 Å². The zero-order chi connectivity index (χ0) is 15.7. The summed E-state index contributed by atoms with van der Waals surface area (Å²) in [4.78, 5) is 14.9. The van der Waals surface area contributed by atoms with Crippen molar-refractivity contribution in [3.63, 3.8) is 0 Å². The van der Waals surface area contributed by atoms with Crippen molar-refractivity contribution in [1.29, 1.82) is 0 Å². The minimum absolute atomic E-state index is 0.161. The molecular formula is C17H22N2O2S. The van der Waals surface area contributed by atoms with E-state index in [1.165, 1.54) is 5.56 Å². The Labute approximate surface area is 135 Å². The summed E-state index contributed by atoms with van der Waals surface area (Å²) >= 11 is 1.84. The maximum absolute atomic E-state index is 12.7. The summed E-state index contributed by atoms with van der Waals surface area (Å²) in [5.74, 6) is 3.05. The van der Waals surface area contributed by atoms with Gasteiger partial charge in [-0.3, -0.25) is 9.36 Å². The van der Waals surface area contributed by atoms with E-state index in [2.05, 4.69) is 25.1 Å². The molecule has 0 saturated carbocycles. The summed E-state index contributed by atoms with van der Waals surface area (Å²) < 4.78 is 7.17. The normalized spacial score (nSPS) is 15.3. The van der Waals surface area contributed by atoms with Crippen molar-refractivity contribution in [1.82, 2.24) is 9.47 Å². The number of hydrogen-bond donors (Lipinski definition) is 0. The largest absolute Gasteiger partial charge is 0.497 e. The molecule has 22 heavy (non-hydrogen) atoms. The highest BCUT2D eigenvalue weighted by atomic mass is 32.2. The maximum Gasteiger partial charge on any atom is 0.235 e. The van der Waals surface area contributed by atoms with Gasteiger partial charge < -0.3 is 9.64 Å². The van der Waals surface area contributed by atoms with Crippen LogP contribution in [0.4, 0.5) is 0 Å². The molecule has 1 saturated heterocycles. The van der Waals surface area contributed by atoms with Gasteiger partial charge in [0.15, 0.2) is 0 Å². The van der Waals surface area contributed by atoms with Crippen LogP contribution >= 0.6 is 11.8 Å². The summed E-state index contributed by atoms with van der Waals surface area (Å²) in [6.45, 7) is 0.971. The van der Waals surface area contributed by atoms with Gasteiger partial charge in [0.2, 0.25) is 5.91 Å². The SMILES string of the molecule is COc1ccc2c(CCN(C)C)cn(C(=O)C3CSC3)c2c1. The van der Waals surface area contributed by atoms with Gasteiger partial charge in [-0.05, 0) is 38.2 Å². The van der Waals surface area contributed by atoms with E-state index >= 15 is 0 Å². The van der Waals surface area contributed by atoms with E-state index < -0.39 is 0 Å². The molecule has 0 atom stereocenters. The lowest BCUT2D eigenvalue weighted by Crippen LogP contribution is -2.31. The van der Waals surface area contributed by atoms with Crippen molar-refractivity contribution < 1.29 is 9.53 Å². The van der Waals surface area contributed by atoms with E-state index in [1.807, 2.05) is 34.7 Å². The molecule has 0 amide bonds. The Morgan fingerprint density at radius 3 is 2.77 bits per heavy atom. The number of ether oxygens (including phenoxy) is 1. The average molecular weight is 318 g/mol. The Kier molecular flexibility index (Phi) is 4.45. The Bertz CT molecular complexity index is 689. The van der Waals surface area contributed by atoms with Crippen molar-refractivity contribution in [3.05, 3.63) is 30.0 Å². The molecule has 0 unspecified atom stereocenters. The molecule has 1 aromatic carbocycles. The molecule has 1 aromatic heterocycles. The first kappa shape index (κ1) is 15.4. The molecule has 0 N–H and O–H groups in total. The fraction of sp³-hybridized carbons (Fsp3) is 0.471. The third-order valence-corrected chi connectivity index (χ3v) is 5.42. The number of benzene rings is 1. The zero-order valence-corrected chi connectivity index (χ0v) is 14.2. The summed E-state index contributed by atoms with van der Waals surface area (Å²) in [7, 11) is 5.80. The average Bonchev–Trinajstić information content (AvgIpc) is 2.81. The topological polar surface area (TPSA) is 34.5 Å². The van der Waals surface area contributed by atoms with Crippen LogP contribution in [0.1, 0.15) is 10.4 Å². The van der Waals surface area contributed by atoms with E-state index in [0.29, 0.717) is 0 Å². The van der Waals surface area contributed by atoms with Crippen LogP contribution < -0.4 is 4.74 Å². The number of carbonyl (C=O) groups excluding carboxylic acids is 1. The molecule has 5 heteroatoms. The zero-order valence-electron chi connectivity index (χ0n) is 13.3. The molecule has 0 radical (unpaired) electrons. The van der Waals surface area contributed by atoms with Gasteiger partial charge in [-0.1, -0.05) is 0 Å². The molecule has 0 bridgehead atoms. The van der Waals surface area contributed by atoms with Crippen molar-refractivity contribution >= 4 is 28.6 Å². The van der Waals surface area contributed by atoms with Crippen molar-refractivity contribution in [2.45, 2.75) is 6.42 Å². The Hall–Kier alpha value is -1.46. The molecular weight excluding hydrogens is 296 g/mol. The molecule has 1 aliphatic heterocycles. The first-order valence-electron chi connectivity index (χ1n) is 7.55. The van der Waals surface area contributed by atoms with Gasteiger partial charge in [0.1, 0.15) is 5.75 Å². The van der Waals surface area contributed by atoms with Crippen LogP contribution in [0.5, 0.6) is 5.75 Å². The molecule has 0 spiro atoms. The second kappa shape index (κ2) is 6.34. The Morgan fingerprint density at radius 1 is 1.41 bits per heavy atom. The van der Waals surface area contributed by atoms with Crippen LogP contribution in [-0.2, 0) is 6.42 Å². The molecule has 2 aromatic rings. The standard InChI is InChI=1S/C17H22N2O2S/c1-18(2)7-6-12-9-19(17(20)13-10-22-11-13)16-8-14(21-3)4-5-15(12)16/h4-5,8-9,13H,6-7,10-11H2,1-3H3. The molecule has 1 fully saturated rings. The molecule has 4 nitrogen and oxygen atoms in total. The first-order valence-corrected chi connectivity index (χ1v) is 8.70. The minimum Gasteiger partial charge on any atom is -0.497 e. The number of rotatable bonds is 5. The van der Waals surface area contributed by atoms with E-state index in [-0.39, 0.29) is 11.8 Å². The second-order valence-electron chi connectivity index (χ2n) is 6.03. The summed E-state index contributed by atoms with van der Waals surface area (Å²) in [5, 5.41) is 1.16. The highest BCUT2D eigenvalue weighted by Crippen LogP contribution is 2.31. The molecule has 2 heterocycles. The lowest BCUT2D eigenvalue weighted by Gasteiger charge is -2.23. The predicted molar refractivity (Wildman–Crippen MR) is 92.2 cm³/mol. The number of fused-ring (bicyclic) bond motifs is 1. The predicted octanol–water partition coefficient (Wildman–Crippen LogP) is 2.76. The van der Waals surface area contributed by atoms with Crippen LogP contribution in [0.15, 0.2) is 24.4 Å².